The number of halogens is 1. The topological polar surface area (TPSA) is 57.5 Å². The van der Waals surface area contributed by atoms with Gasteiger partial charge in [0.1, 0.15) is 5.82 Å². The molecule has 3 nitrogen and oxygen atoms in total. The van der Waals surface area contributed by atoms with Crippen molar-refractivity contribution in [2.75, 3.05) is 6.61 Å². The molecule has 0 saturated carbocycles. The van der Waals surface area contributed by atoms with Gasteiger partial charge >= 0.3 is 5.97 Å². The Morgan fingerprint density at radius 2 is 1.84 bits per heavy atom. The zero-order valence-electron chi connectivity index (χ0n) is 11.0. The molecule has 0 bridgehead atoms. The zero-order chi connectivity index (χ0) is 14.1. The van der Waals surface area contributed by atoms with Gasteiger partial charge in [-0.05, 0) is 30.9 Å². The quantitative estimate of drug-likeness (QED) is 0.677. The average Bonchev–Trinajstić information content (AvgIpc) is 2.39. The van der Waals surface area contributed by atoms with Crippen molar-refractivity contribution in [3.8, 4) is 0 Å². The molecule has 4 heteroatoms. The Kier molecular flexibility index (Phi) is 7.11. The van der Waals surface area contributed by atoms with Crippen molar-refractivity contribution in [2.24, 2.45) is 5.92 Å². The normalized spacial score (nSPS) is 12.3. The van der Waals surface area contributed by atoms with Crippen LogP contribution >= 0.6 is 0 Å². The molecule has 1 aromatic carbocycles. The number of unbranched alkanes of at least 4 members (excludes halogenated alkanes) is 3. The molecule has 1 atom stereocenters. The minimum Gasteiger partial charge on any atom is -0.481 e. The highest BCUT2D eigenvalue weighted by atomic mass is 19.1. The van der Waals surface area contributed by atoms with Gasteiger partial charge in [0.15, 0.2) is 0 Å². The van der Waals surface area contributed by atoms with Crippen molar-refractivity contribution >= 4 is 5.97 Å². The van der Waals surface area contributed by atoms with E-state index in [0.717, 1.165) is 25.7 Å². The van der Waals surface area contributed by atoms with Gasteiger partial charge in [0, 0.05) is 6.61 Å². The maximum atomic E-state index is 13.5. The van der Waals surface area contributed by atoms with Crippen molar-refractivity contribution in [1.29, 1.82) is 0 Å². The summed E-state index contributed by atoms with van der Waals surface area (Å²) in [6.07, 6.45) is 4.15. The summed E-state index contributed by atoms with van der Waals surface area (Å²) < 4.78 is 13.5. The van der Waals surface area contributed by atoms with Crippen LogP contribution in [-0.2, 0) is 11.2 Å². The Bertz CT molecular complexity index is 393. The summed E-state index contributed by atoms with van der Waals surface area (Å²) in [6, 6.07) is 6.31. The molecule has 2 N–H and O–H groups in total. The van der Waals surface area contributed by atoms with E-state index in [-0.39, 0.29) is 18.8 Å². The molecule has 0 radical (unpaired) electrons. The Hall–Kier alpha value is -1.42. The van der Waals surface area contributed by atoms with Crippen LogP contribution in [-0.4, -0.2) is 22.8 Å². The number of carboxylic acids is 1. The van der Waals surface area contributed by atoms with Crippen LogP contribution in [0.5, 0.6) is 0 Å². The third-order valence-electron chi connectivity index (χ3n) is 3.23. The minimum absolute atomic E-state index is 0.178. The number of aliphatic hydroxyl groups excluding tert-OH is 1. The standard InChI is InChI=1S/C15H21FO3/c16-14-9-5-4-7-12(14)11-13(15(18)19)8-3-1-2-6-10-17/h4-5,7,9,13,17H,1-3,6,8,10-11H2,(H,18,19). The highest BCUT2D eigenvalue weighted by Gasteiger charge is 2.18. The number of hydrogen-bond acceptors (Lipinski definition) is 2. The lowest BCUT2D eigenvalue weighted by Gasteiger charge is -2.12. The summed E-state index contributed by atoms with van der Waals surface area (Å²) >= 11 is 0. The number of carbonyl (C=O) groups is 1. The van der Waals surface area contributed by atoms with Gasteiger partial charge in [0.2, 0.25) is 0 Å². The molecular formula is C15H21FO3. The van der Waals surface area contributed by atoms with Gasteiger partial charge in [-0.25, -0.2) is 4.39 Å². The molecule has 1 rings (SSSR count). The SMILES string of the molecule is O=C(O)C(CCCCCCO)Cc1ccccc1F. The molecule has 0 amide bonds. The van der Waals surface area contributed by atoms with E-state index in [4.69, 9.17) is 10.2 Å². The third kappa shape index (κ3) is 5.83. The second kappa shape index (κ2) is 8.64. The van der Waals surface area contributed by atoms with Crippen LogP contribution in [0.4, 0.5) is 4.39 Å². The lowest BCUT2D eigenvalue weighted by molar-refractivity contribution is -0.142. The number of aliphatic carboxylic acids is 1. The van der Waals surface area contributed by atoms with Gasteiger partial charge in [0.05, 0.1) is 5.92 Å². The lowest BCUT2D eigenvalue weighted by atomic mass is 9.93. The summed E-state index contributed by atoms with van der Waals surface area (Å²) in [5.74, 6) is -1.74. The Morgan fingerprint density at radius 1 is 1.16 bits per heavy atom. The number of hydrogen-bond donors (Lipinski definition) is 2. The number of rotatable bonds is 9. The first-order valence-electron chi connectivity index (χ1n) is 6.72. The molecule has 1 aromatic rings. The molecule has 0 aliphatic heterocycles. The van der Waals surface area contributed by atoms with Crippen molar-refractivity contribution in [3.05, 3.63) is 35.6 Å². The van der Waals surface area contributed by atoms with E-state index in [0.29, 0.717) is 12.0 Å². The van der Waals surface area contributed by atoms with Crippen molar-refractivity contribution in [2.45, 2.75) is 38.5 Å². The van der Waals surface area contributed by atoms with E-state index in [1.54, 1.807) is 18.2 Å². The van der Waals surface area contributed by atoms with Gasteiger partial charge in [-0.2, -0.15) is 0 Å². The number of benzene rings is 1. The summed E-state index contributed by atoms with van der Waals surface area (Å²) in [6.45, 7) is 0.178. The first-order valence-corrected chi connectivity index (χ1v) is 6.72. The molecule has 0 aliphatic rings. The molecule has 0 heterocycles. The van der Waals surface area contributed by atoms with E-state index in [2.05, 4.69) is 0 Å². The maximum absolute atomic E-state index is 13.5. The average molecular weight is 268 g/mol. The highest BCUT2D eigenvalue weighted by molar-refractivity contribution is 5.70. The monoisotopic (exact) mass is 268 g/mol. The number of carboxylic acid groups (broad SMARTS) is 1. The van der Waals surface area contributed by atoms with Crippen LogP contribution < -0.4 is 0 Å². The van der Waals surface area contributed by atoms with Crippen LogP contribution in [0.3, 0.4) is 0 Å². The molecule has 0 saturated heterocycles. The van der Waals surface area contributed by atoms with Crippen molar-refractivity contribution in [3.63, 3.8) is 0 Å². The second-order valence-corrected chi connectivity index (χ2v) is 4.76. The first-order chi connectivity index (χ1) is 9.15. The molecule has 19 heavy (non-hydrogen) atoms. The summed E-state index contributed by atoms with van der Waals surface area (Å²) in [5, 5.41) is 17.8. The van der Waals surface area contributed by atoms with E-state index in [1.165, 1.54) is 6.07 Å². The van der Waals surface area contributed by atoms with Gasteiger partial charge in [-0.1, -0.05) is 37.5 Å². The zero-order valence-corrected chi connectivity index (χ0v) is 11.0. The fourth-order valence-corrected chi connectivity index (χ4v) is 2.10. The summed E-state index contributed by atoms with van der Waals surface area (Å²) in [4.78, 5) is 11.2. The van der Waals surface area contributed by atoms with Crippen LogP contribution in [0, 0.1) is 11.7 Å². The highest BCUT2D eigenvalue weighted by Crippen LogP contribution is 2.18. The van der Waals surface area contributed by atoms with E-state index < -0.39 is 11.9 Å². The van der Waals surface area contributed by atoms with Gasteiger partial charge < -0.3 is 10.2 Å². The van der Waals surface area contributed by atoms with E-state index >= 15 is 0 Å². The Morgan fingerprint density at radius 3 is 2.47 bits per heavy atom. The predicted molar refractivity (Wildman–Crippen MR) is 71.4 cm³/mol. The van der Waals surface area contributed by atoms with E-state index in [9.17, 15) is 9.18 Å². The predicted octanol–water partition coefficient (Wildman–Crippen LogP) is 3.01. The van der Waals surface area contributed by atoms with Crippen LogP contribution in [0.25, 0.3) is 0 Å². The molecule has 1 unspecified atom stereocenters. The first kappa shape index (κ1) is 15.6. The number of aliphatic hydroxyl groups is 1. The Labute approximate surface area is 113 Å². The molecule has 0 aliphatic carbocycles. The smallest absolute Gasteiger partial charge is 0.306 e. The largest absolute Gasteiger partial charge is 0.481 e. The molecule has 106 valence electrons. The van der Waals surface area contributed by atoms with Crippen LogP contribution in [0.2, 0.25) is 0 Å². The summed E-state index contributed by atoms with van der Waals surface area (Å²) in [5.41, 5.74) is 0.463. The van der Waals surface area contributed by atoms with Crippen LogP contribution in [0.1, 0.15) is 37.7 Å². The molecule has 0 spiro atoms. The van der Waals surface area contributed by atoms with Gasteiger partial charge in [-0.15, -0.1) is 0 Å². The fourth-order valence-electron chi connectivity index (χ4n) is 2.10. The third-order valence-corrected chi connectivity index (χ3v) is 3.23. The van der Waals surface area contributed by atoms with Crippen molar-refractivity contribution < 1.29 is 19.4 Å². The molecule has 0 fully saturated rings. The van der Waals surface area contributed by atoms with E-state index in [1.807, 2.05) is 0 Å². The van der Waals surface area contributed by atoms with Crippen LogP contribution in [0.15, 0.2) is 24.3 Å². The molecule has 0 aromatic heterocycles. The lowest BCUT2D eigenvalue weighted by Crippen LogP contribution is -2.17. The van der Waals surface area contributed by atoms with Gasteiger partial charge in [-0.3, -0.25) is 4.79 Å². The Balaban J connectivity index is 2.45. The minimum atomic E-state index is -0.870. The van der Waals surface area contributed by atoms with Gasteiger partial charge in [0.25, 0.3) is 0 Å². The second-order valence-electron chi connectivity index (χ2n) is 4.76. The van der Waals surface area contributed by atoms with Crippen molar-refractivity contribution in [1.82, 2.24) is 0 Å². The fraction of sp³-hybridized carbons (Fsp3) is 0.533. The summed E-state index contributed by atoms with van der Waals surface area (Å²) in [7, 11) is 0. The molecular weight excluding hydrogens is 247 g/mol. The maximum Gasteiger partial charge on any atom is 0.306 e.